The molecule has 1 aromatic carbocycles. The molecule has 2 saturated heterocycles. The maximum absolute atomic E-state index is 12.4. The maximum atomic E-state index is 12.4. The average Bonchev–Trinajstić information content (AvgIpc) is 2.74. The minimum atomic E-state index is -0.800. The summed E-state index contributed by atoms with van der Waals surface area (Å²) in [4.78, 5) is 40.3. The van der Waals surface area contributed by atoms with Gasteiger partial charge in [-0.2, -0.15) is 0 Å². The van der Waals surface area contributed by atoms with Gasteiger partial charge in [-0.1, -0.05) is 30.3 Å². The molecule has 0 spiro atoms. The molecule has 4 amide bonds. The van der Waals surface area contributed by atoms with Crippen molar-refractivity contribution in [3.05, 3.63) is 35.9 Å². The van der Waals surface area contributed by atoms with Gasteiger partial charge in [0.2, 0.25) is 0 Å². The van der Waals surface area contributed by atoms with Crippen molar-refractivity contribution in [2.45, 2.75) is 25.5 Å². The van der Waals surface area contributed by atoms with Crippen molar-refractivity contribution >= 4 is 17.8 Å². The lowest BCUT2D eigenvalue weighted by Gasteiger charge is -2.31. The van der Waals surface area contributed by atoms with Crippen LogP contribution in [0, 0.1) is 0 Å². The van der Waals surface area contributed by atoms with Crippen LogP contribution in [0.2, 0.25) is 0 Å². The van der Waals surface area contributed by atoms with Crippen LogP contribution in [0.3, 0.4) is 0 Å². The third kappa shape index (κ3) is 3.25. The Morgan fingerprint density at radius 3 is 2.43 bits per heavy atom. The van der Waals surface area contributed by atoms with Gasteiger partial charge in [0.05, 0.1) is 19.3 Å². The standard InChI is InChI=1S/C16H19N3O4/c20-13-7-4-8-17(10-13)11-19-15(22)14(21)18(16(19)23)9-12-5-2-1-3-6-12/h1-3,5-6,13,20H,4,7-11H2/t13-/m1/s1. The molecule has 0 saturated carbocycles. The Morgan fingerprint density at radius 2 is 1.74 bits per heavy atom. The minimum Gasteiger partial charge on any atom is -0.392 e. The zero-order valence-corrected chi connectivity index (χ0v) is 12.7. The third-order valence-electron chi connectivity index (χ3n) is 4.14. The second-order valence-corrected chi connectivity index (χ2v) is 5.91. The fraction of sp³-hybridized carbons (Fsp3) is 0.438. The summed E-state index contributed by atoms with van der Waals surface area (Å²) >= 11 is 0. The molecule has 2 aliphatic rings. The number of aliphatic hydroxyl groups excluding tert-OH is 1. The van der Waals surface area contributed by atoms with Gasteiger partial charge in [0.15, 0.2) is 0 Å². The molecule has 3 rings (SSSR count). The van der Waals surface area contributed by atoms with E-state index in [1.54, 1.807) is 12.1 Å². The Labute approximate surface area is 134 Å². The number of amides is 4. The highest BCUT2D eigenvalue weighted by molar-refractivity contribution is 6.44. The first kappa shape index (κ1) is 15.6. The number of urea groups is 1. The first-order valence-electron chi connectivity index (χ1n) is 7.68. The largest absolute Gasteiger partial charge is 0.392 e. The molecule has 122 valence electrons. The van der Waals surface area contributed by atoms with E-state index < -0.39 is 23.9 Å². The molecule has 0 aromatic heterocycles. The lowest BCUT2D eigenvalue weighted by molar-refractivity contribution is -0.144. The van der Waals surface area contributed by atoms with E-state index >= 15 is 0 Å². The highest BCUT2D eigenvalue weighted by atomic mass is 16.3. The molecule has 7 heteroatoms. The van der Waals surface area contributed by atoms with E-state index in [1.165, 1.54) is 0 Å². The molecule has 7 nitrogen and oxygen atoms in total. The molecule has 2 fully saturated rings. The van der Waals surface area contributed by atoms with Crippen LogP contribution in [0.15, 0.2) is 30.3 Å². The van der Waals surface area contributed by atoms with Gasteiger partial charge in [-0.05, 0) is 18.4 Å². The molecule has 2 heterocycles. The summed E-state index contributed by atoms with van der Waals surface area (Å²) in [7, 11) is 0. The highest BCUT2D eigenvalue weighted by Crippen LogP contribution is 2.18. The molecule has 1 N–H and O–H groups in total. The van der Waals surface area contributed by atoms with Gasteiger partial charge in [0.25, 0.3) is 0 Å². The molecular weight excluding hydrogens is 298 g/mol. The van der Waals surface area contributed by atoms with Crippen molar-refractivity contribution in [3.63, 3.8) is 0 Å². The smallest absolute Gasteiger partial charge is 0.335 e. The van der Waals surface area contributed by atoms with Crippen LogP contribution >= 0.6 is 0 Å². The number of hydrogen-bond donors (Lipinski definition) is 1. The van der Waals surface area contributed by atoms with Crippen LogP contribution < -0.4 is 0 Å². The van der Waals surface area contributed by atoms with Gasteiger partial charge in [0.1, 0.15) is 0 Å². The zero-order valence-electron chi connectivity index (χ0n) is 12.7. The van der Waals surface area contributed by atoms with Crippen LogP contribution in [-0.2, 0) is 16.1 Å². The molecule has 0 unspecified atom stereocenters. The first-order chi connectivity index (χ1) is 11.1. The van der Waals surface area contributed by atoms with Gasteiger partial charge in [-0.25, -0.2) is 9.69 Å². The second-order valence-electron chi connectivity index (χ2n) is 5.91. The van der Waals surface area contributed by atoms with Crippen molar-refractivity contribution in [1.82, 2.24) is 14.7 Å². The predicted molar refractivity (Wildman–Crippen MR) is 80.9 cm³/mol. The predicted octanol–water partition coefficient (Wildman–Crippen LogP) is 0.392. The number of imide groups is 2. The number of β-amino-alcohol motifs (C(OH)–C–C–N with tert-alkyl or cyclic N) is 1. The Balaban J connectivity index is 1.69. The Kier molecular flexibility index (Phi) is 4.40. The molecule has 2 aliphatic heterocycles. The zero-order chi connectivity index (χ0) is 16.4. The number of aliphatic hydroxyl groups is 1. The monoisotopic (exact) mass is 317 g/mol. The summed E-state index contributed by atoms with van der Waals surface area (Å²) in [6, 6.07) is 8.48. The molecule has 0 radical (unpaired) electrons. The van der Waals surface area contributed by atoms with Gasteiger partial charge in [0, 0.05) is 13.1 Å². The first-order valence-corrected chi connectivity index (χ1v) is 7.68. The quantitative estimate of drug-likeness (QED) is 0.642. The number of piperidine rings is 1. The maximum Gasteiger partial charge on any atom is 0.335 e. The van der Waals surface area contributed by atoms with E-state index in [-0.39, 0.29) is 13.2 Å². The number of likely N-dealkylation sites (tertiary alicyclic amines) is 1. The van der Waals surface area contributed by atoms with Crippen LogP contribution in [0.5, 0.6) is 0 Å². The van der Waals surface area contributed by atoms with Crippen molar-refractivity contribution in [1.29, 1.82) is 0 Å². The lowest BCUT2D eigenvalue weighted by atomic mass is 10.1. The Hall–Kier alpha value is -2.25. The van der Waals surface area contributed by atoms with Crippen LogP contribution in [0.4, 0.5) is 4.79 Å². The molecule has 0 bridgehead atoms. The highest BCUT2D eigenvalue weighted by Gasteiger charge is 2.45. The normalized spacial score (nSPS) is 23.0. The van der Waals surface area contributed by atoms with E-state index in [0.29, 0.717) is 13.1 Å². The van der Waals surface area contributed by atoms with Gasteiger partial charge < -0.3 is 5.11 Å². The fourth-order valence-electron chi connectivity index (χ4n) is 2.94. The van der Waals surface area contributed by atoms with E-state index in [0.717, 1.165) is 28.2 Å². The number of hydrogen-bond acceptors (Lipinski definition) is 5. The van der Waals surface area contributed by atoms with Crippen molar-refractivity contribution in [2.24, 2.45) is 0 Å². The number of carbonyl (C=O) groups excluding carboxylic acids is 3. The summed E-state index contributed by atoms with van der Waals surface area (Å²) in [6.45, 7) is 1.24. The SMILES string of the molecule is O=C1C(=O)N(CN2CCC[C@@H](O)C2)C(=O)N1Cc1ccccc1. The van der Waals surface area contributed by atoms with Crippen molar-refractivity contribution < 1.29 is 19.5 Å². The van der Waals surface area contributed by atoms with Gasteiger partial charge in [-0.3, -0.25) is 19.4 Å². The molecule has 1 aromatic rings. The Bertz CT molecular complexity index is 619. The van der Waals surface area contributed by atoms with Crippen molar-refractivity contribution in [3.8, 4) is 0 Å². The van der Waals surface area contributed by atoms with Crippen LogP contribution in [-0.4, -0.2) is 63.5 Å². The third-order valence-corrected chi connectivity index (χ3v) is 4.14. The average molecular weight is 317 g/mol. The molecular formula is C16H19N3O4. The number of nitrogens with zero attached hydrogens (tertiary/aromatic N) is 3. The molecule has 0 aliphatic carbocycles. The topological polar surface area (TPSA) is 81.2 Å². The van der Waals surface area contributed by atoms with Crippen LogP contribution in [0.1, 0.15) is 18.4 Å². The van der Waals surface area contributed by atoms with E-state index in [1.807, 2.05) is 23.1 Å². The molecule has 1 atom stereocenters. The summed E-state index contributed by atoms with van der Waals surface area (Å²) in [5.41, 5.74) is 0.789. The number of carbonyl (C=O) groups is 3. The molecule has 23 heavy (non-hydrogen) atoms. The Morgan fingerprint density at radius 1 is 1.04 bits per heavy atom. The van der Waals surface area contributed by atoms with Crippen molar-refractivity contribution in [2.75, 3.05) is 19.8 Å². The van der Waals surface area contributed by atoms with E-state index in [4.69, 9.17) is 0 Å². The van der Waals surface area contributed by atoms with Gasteiger partial charge >= 0.3 is 17.8 Å². The summed E-state index contributed by atoms with van der Waals surface area (Å²) < 4.78 is 0. The summed E-state index contributed by atoms with van der Waals surface area (Å²) in [6.07, 6.45) is 1.07. The van der Waals surface area contributed by atoms with E-state index in [2.05, 4.69) is 0 Å². The number of rotatable bonds is 4. The van der Waals surface area contributed by atoms with Gasteiger partial charge in [-0.15, -0.1) is 0 Å². The summed E-state index contributed by atoms with van der Waals surface area (Å²) in [5, 5.41) is 9.68. The number of benzene rings is 1. The lowest BCUT2D eigenvalue weighted by Crippen LogP contribution is -2.47. The van der Waals surface area contributed by atoms with Crippen LogP contribution in [0.25, 0.3) is 0 Å². The summed E-state index contributed by atoms with van der Waals surface area (Å²) in [5.74, 6) is -1.59. The minimum absolute atomic E-state index is 0.0474. The fourth-order valence-corrected chi connectivity index (χ4v) is 2.94. The second kappa shape index (κ2) is 6.47. The van der Waals surface area contributed by atoms with E-state index in [9.17, 15) is 19.5 Å².